The molecule has 0 saturated carbocycles. The maximum atomic E-state index is 12.6. The molecule has 0 unspecified atom stereocenters. The van der Waals surface area contributed by atoms with Crippen LogP contribution in [0.25, 0.3) is 0 Å². The summed E-state index contributed by atoms with van der Waals surface area (Å²) in [7, 11) is 0. The number of benzene rings is 1. The lowest BCUT2D eigenvalue weighted by atomic mass is 10.2. The molecule has 92 valence electrons. The summed E-state index contributed by atoms with van der Waals surface area (Å²) < 4.78 is 43.0. The molecule has 2 rings (SSSR count). The molecule has 0 spiro atoms. The van der Waals surface area contributed by atoms with E-state index in [0.29, 0.717) is 18.9 Å². The van der Waals surface area contributed by atoms with E-state index >= 15 is 0 Å². The molecule has 1 aliphatic rings. The zero-order valence-corrected chi connectivity index (χ0v) is 8.92. The van der Waals surface area contributed by atoms with Crippen LogP contribution >= 0.6 is 0 Å². The van der Waals surface area contributed by atoms with Gasteiger partial charge in [-0.25, -0.2) is 0 Å². The summed E-state index contributed by atoms with van der Waals surface area (Å²) in [5.41, 5.74) is -0.765. The van der Waals surface area contributed by atoms with Crippen LogP contribution in [0.2, 0.25) is 0 Å². The van der Waals surface area contributed by atoms with Gasteiger partial charge in [0.05, 0.1) is 12.1 Å². The fourth-order valence-corrected chi connectivity index (χ4v) is 1.52. The standard InChI is InChI=1S/C11H11F3N2O/c12-11(13,14)8-3-1-2-4-9(8)17-7-10-15-5-6-16-10/h1-4H,5-7H2,(H,15,16). The number of amidine groups is 1. The van der Waals surface area contributed by atoms with Gasteiger partial charge in [0.1, 0.15) is 18.2 Å². The molecular formula is C11H11F3N2O. The highest BCUT2D eigenvalue weighted by molar-refractivity contribution is 5.85. The first-order valence-corrected chi connectivity index (χ1v) is 5.13. The van der Waals surface area contributed by atoms with Crippen molar-refractivity contribution < 1.29 is 17.9 Å². The number of ether oxygens (including phenoxy) is 1. The van der Waals surface area contributed by atoms with Crippen LogP contribution in [0.5, 0.6) is 5.75 Å². The molecule has 0 aliphatic carbocycles. The molecule has 3 nitrogen and oxygen atoms in total. The van der Waals surface area contributed by atoms with Gasteiger partial charge in [-0.3, -0.25) is 4.99 Å². The van der Waals surface area contributed by atoms with E-state index in [1.54, 1.807) is 0 Å². The zero-order chi connectivity index (χ0) is 12.3. The fraction of sp³-hybridized carbons (Fsp3) is 0.364. The SMILES string of the molecule is FC(F)(F)c1ccccc1OCC1=NCCN1. The summed E-state index contributed by atoms with van der Waals surface area (Å²) in [4.78, 5) is 4.04. The van der Waals surface area contributed by atoms with Gasteiger partial charge in [0, 0.05) is 6.54 Å². The normalized spacial score (nSPS) is 15.4. The minimum absolute atomic E-state index is 0.0348. The number of para-hydroxylation sites is 1. The van der Waals surface area contributed by atoms with Gasteiger partial charge >= 0.3 is 6.18 Å². The Hall–Kier alpha value is -1.72. The Morgan fingerprint density at radius 1 is 1.29 bits per heavy atom. The molecular weight excluding hydrogens is 233 g/mol. The minimum Gasteiger partial charge on any atom is -0.485 e. The molecule has 0 atom stereocenters. The van der Waals surface area contributed by atoms with E-state index in [4.69, 9.17) is 4.74 Å². The summed E-state index contributed by atoms with van der Waals surface area (Å²) in [5.74, 6) is 0.415. The lowest BCUT2D eigenvalue weighted by Crippen LogP contribution is -2.25. The molecule has 0 aromatic heterocycles. The van der Waals surface area contributed by atoms with E-state index in [-0.39, 0.29) is 12.4 Å². The van der Waals surface area contributed by atoms with Gasteiger partial charge in [0.15, 0.2) is 0 Å². The van der Waals surface area contributed by atoms with Gasteiger partial charge in [-0.05, 0) is 12.1 Å². The molecule has 0 bridgehead atoms. The number of hydrogen-bond acceptors (Lipinski definition) is 3. The Morgan fingerprint density at radius 2 is 2.06 bits per heavy atom. The summed E-state index contributed by atoms with van der Waals surface area (Å²) in [6, 6.07) is 5.15. The lowest BCUT2D eigenvalue weighted by Gasteiger charge is -2.13. The van der Waals surface area contributed by atoms with Crippen molar-refractivity contribution in [3.05, 3.63) is 29.8 Å². The van der Waals surface area contributed by atoms with Crippen molar-refractivity contribution in [2.24, 2.45) is 4.99 Å². The van der Waals surface area contributed by atoms with Crippen molar-refractivity contribution in [2.45, 2.75) is 6.18 Å². The van der Waals surface area contributed by atoms with Crippen LogP contribution in [0.15, 0.2) is 29.3 Å². The maximum absolute atomic E-state index is 12.6. The molecule has 1 N–H and O–H groups in total. The molecule has 0 saturated heterocycles. The molecule has 1 aromatic rings. The number of hydrogen-bond donors (Lipinski definition) is 1. The van der Waals surface area contributed by atoms with Crippen LogP contribution in [0.1, 0.15) is 5.56 Å². The molecule has 17 heavy (non-hydrogen) atoms. The second-order valence-electron chi connectivity index (χ2n) is 3.54. The van der Waals surface area contributed by atoms with E-state index in [1.165, 1.54) is 18.2 Å². The molecule has 0 radical (unpaired) electrons. The highest BCUT2D eigenvalue weighted by atomic mass is 19.4. The van der Waals surface area contributed by atoms with Crippen molar-refractivity contribution in [1.29, 1.82) is 0 Å². The molecule has 6 heteroatoms. The Balaban J connectivity index is 2.09. The van der Waals surface area contributed by atoms with Gasteiger partial charge in [-0.2, -0.15) is 13.2 Å². The van der Waals surface area contributed by atoms with Crippen molar-refractivity contribution >= 4 is 5.84 Å². The number of aliphatic imine (C=N–C) groups is 1. The fourth-order valence-electron chi connectivity index (χ4n) is 1.52. The largest absolute Gasteiger partial charge is 0.485 e. The summed E-state index contributed by atoms with van der Waals surface area (Å²) >= 11 is 0. The van der Waals surface area contributed by atoms with E-state index in [0.717, 1.165) is 6.07 Å². The average molecular weight is 244 g/mol. The Bertz CT molecular complexity index is 429. The quantitative estimate of drug-likeness (QED) is 0.883. The number of rotatable bonds is 3. The summed E-state index contributed by atoms with van der Waals surface area (Å²) in [6.45, 7) is 1.38. The Labute approximate surface area is 96.3 Å². The molecule has 1 aliphatic heterocycles. The number of nitrogens with zero attached hydrogens (tertiary/aromatic N) is 1. The molecule has 0 fully saturated rings. The van der Waals surface area contributed by atoms with Gasteiger partial charge in [-0.1, -0.05) is 12.1 Å². The minimum atomic E-state index is -4.40. The Morgan fingerprint density at radius 3 is 2.71 bits per heavy atom. The van der Waals surface area contributed by atoms with Crippen LogP contribution in [0.4, 0.5) is 13.2 Å². The third kappa shape index (κ3) is 2.89. The number of nitrogens with one attached hydrogen (secondary N) is 1. The van der Waals surface area contributed by atoms with Crippen molar-refractivity contribution in [3.63, 3.8) is 0 Å². The number of alkyl halides is 3. The van der Waals surface area contributed by atoms with E-state index < -0.39 is 11.7 Å². The van der Waals surface area contributed by atoms with Crippen LogP contribution < -0.4 is 10.1 Å². The van der Waals surface area contributed by atoms with Gasteiger partial charge in [0.25, 0.3) is 0 Å². The number of halogens is 3. The third-order valence-electron chi connectivity index (χ3n) is 2.30. The van der Waals surface area contributed by atoms with Crippen molar-refractivity contribution in [1.82, 2.24) is 5.32 Å². The highest BCUT2D eigenvalue weighted by Gasteiger charge is 2.34. The van der Waals surface area contributed by atoms with Gasteiger partial charge < -0.3 is 10.1 Å². The van der Waals surface area contributed by atoms with Gasteiger partial charge in [-0.15, -0.1) is 0 Å². The van der Waals surface area contributed by atoms with Gasteiger partial charge in [0.2, 0.25) is 0 Å². The Kier molecular flexibility index (Phi) is 3.21. The van der Waals surface area contributed by atoms with E-state index in [2.05, 4.69) is 10.3 Å². The van der Waals surface area contributed by atoms with Crippen LogP contribution in [0, 0.1) is 0 Å². The smallest absolute Gasteiger partial charge is 0.419 e. The first-order valence-electron chi connectivity index (χ1n) is 5.13. The molecule has 0 amide bonds. The van der Waals surface area contributed by atoms with Crippen LogP contribution in [-0.2, 0) is 6.18 Å². The van der Waals surface area contributed by atoms with E-state index in [9.17, 15) is 13.2 Å². The molecule has 1 heterocycles. The monoisotopic (exact) mass is 244 g/mol. The first kappa shape index (κ1) is 11.8. The second kappa shape index (κ2) is 4.65. The predicted molar refractivity (Wildman–Crippen MR) is 57.2 cm³/mol. The van der Waals surface area contributed by atoms with E-state index in [1.807, 2.05) is 0 Å². The highest BCUT2D eigenvalue weighted by Crippen LogP contribution is 2.35. The van der Waals surface area contributed by atoms with Crippen molar-refractivity contribution in [3.8, 4) is 5.75 Å². The summed E-state index contributed by atoms with van der Waals surface area (Å²) in [5, 5.41) is 2.93. The lowest BCUT2D eigenvalue weighted by molar-refractivity contribution is -0.138. The average Bonchev–Trinajstić information content (AvgIpc) is 2.78. The third-order valence-corrected chi connectivity index (χ3v) is 2.30. The summed E-state index contributed by atoms with van der Waals surface area (Å²) in [6.07, 6.45) is -4.40. The van der Waals surface area contributed by atoms with Crippen LogP contribution in [-0.4, -0.2) is 25.5 Å². The van der Waals surface area contributed by atoms with Crippen LogP contribution in [0.3, 0.4) is 0 Å². The topological polar surface area (TPSA) is 33.6 Å². The van der Waals surface area contributed by atoms with Crippen molar-refractivity contribution in [2.75, 3.05) is 19.7 Å². The first-order chi connectivity index (χ1) is 8.07. The molecule has 1 aromatic carbocycles. The maximum Gasteiger partial charge on any atom is 0.419 e. The second-order valence-corrected chi connectivity index (χ2v) is 3.54. The zero-order valence-electron chi connectivity index (χ0n) is 8.92. The predicted octanol–water partition coefficient (Wildman–Crippen LogP) is 2.09.